The van der Waals surface area contributed by atoms with Crippen molar-refractivity contribution in [1.29, 1.82) is 0 Å². The zero-order valence-electron chi connectivity index (χ0n) is 9.77. The molecular weight excluding hydrogens is 239 g/mol. The summed E-state index contributed by atoms with van der Waals surface area (Å²) in [5.41, 5.74) is 0.890. The standard InChI is InChI=1S/C14H8O3.Na/c15-11-7-3-6-10-12(11)14(17)9-5-2-1-4-8(9)13(10)16;/h1-7,15H;/q;+1/p-1. The Morgan fingerprint density at radius 1 is 0.722 bits per heavy atom. The fourth-order valence-corrected chi connectivity index (χ4v) is 2.11. The maximum atomic E-state index is 12.1. The van der Waals surface area contributed by atoms with Crippen LogP contribution in [0.5, 0.6) is 5.75 Å². The first-order valence-corrected chi connectivity index (χ1v) is 5.18. The van der Waals surface area contributed by atoms with Gasteiger partial charge in [0.05, 0.1) is 0 Å². The van der Waals surface area contributed by atoms with Gasteiger partial charge in [-0.3, -0.25) is 9.59 Å². The first-order chi connectivity index (χ1) is 8.20. The van der Waals surface area contributed by atoms with Gasteiger partial charge in [0.15, 0.2) is 11.6 Å². The number of carbonyl (C=O) groups is 2. The monoisotopic (exact) mass is 246 g/mol. The van der Waals surface area contributed by atoms with Crippen molar-refractivity contribution in [2.45, 2.75) is 0 Å². The van der Waals surface area contributed by atoms with E-state index in [4.69, 9.17) is 0 Å². The van der Waals surface area contributed by atoms with Gasteiger partial charge in [-0.15, -0.1) is 0 Å². The molecule has 0 aliphatic heterocycles. The second-order valence-electron chi connectivity index (χ2n) is 3.88. The summed E-state index contributed by atoms with van der Waals surface area (Å²) in [6.45, 7) is 0. The van der Waals surface area contributed by atoms with Crippen LogP contribution in [0.3, 0.4) is 0 Å². The molecule has 0 heterocycles. The minimum atomic E-state index is -0.393. The number of hydrogen-bond donors (Lipinski definition) is 0. The molecule has 2 aromatic rings. The van der Waals surface area contributed by atoms with E-state index in [0.717, 1.165) is 0 Å². The predicted octanol–water partition coefficient (Wildman–Crippen LogP) is -1.46. The SMILES string of the molecule is O=C1c2ccccc2C(=O)c2c([O-])cccc21.[Na+]. The Kier molecular flexibility index (Phi) is 3.39. The summed E-state index contributed by atoms with van der Waals surface area (Å²) in [6.07, 6.45) is 0. The summed E-state index contributed by atoms with van der Waals surface area (Å²) >= 11 is 0. The molecule has 3 nitrogen and oxygen atoms in total. The van der Waals surface area contributed by atoms with Crippen LogP contribution in [0.1, 0.15) is 31.8 Å². The predicted molar refractivity (Wildman–Crippen MR) is 59.2 cm³/mol. The molecule has 0 aromatic heterocycles. The Morgan fingerprint density at radius 3 is 1.94 bits per heavy atom. The van der Waals surface area contributed by atoms with E-state index in [-0.39, 0.29) is 52.3 Å². The molecule has 4 heteroatoms. The van der Waals surface area contributed by atoms with Gasteiger partial charge in [-0.05, 0) is 0 Å². The molecule has 2 aromatic carbocycles. The van der Waals surface area contributed by atoms with Crippen molar-refractivity contribution in [3.05, 3.63) is 64.7 Å². The van der Waals surface area contributed by atoms with Crippen molar-refractivity contribution >= 4 is 11.6 Å². The summed E-state index contributed by atoms with van der Waals surface area (Å²) < 4.78 is 0. The second kappa shape index (κ2) is 4.69. The molecule has 0 fully saturated rings. The third-order valence-corrected chi connectivity index (χ3v) is 2.91. The van der Waals surface area contributed by atoms with Crippen molar-refractivity contribution in [3.8, 4) is 5.75 Å². The molecule has 0 amide bonds. The van der Waals surface area contributed by atoms with Crippen molar-refractivity contribution < 1.29 is 44.3 Å². The normalized spacial score (nSPS) is 12.4. The molecule has 0 bridgehead atoms. The van der Waals surface area contributed by atoms with E-state index in [0.29, 0.717) is 11.1 Å². The number of carbonyl (C=O) groups excluding carboxylic acids is 2. The van der Waals surface area contributed by atoms with Gasteiger partial charge >= 0.3 is 29.6 Å². The molecular formula is C14H7NaO3. The zero-order valence-corrected chi connectivity index (χ0v) is 11.8. The number of fused-ring (bicyclic) bond motifs is 2. The van der Waals surface area contributed by atoms with E-state index < -0.39 is 5.75 Å². The Bertz CT molecular complexity index is 662. The van der Waals surface area contributed by atoms with Crippen molar-refractivity contribution in [1.82, 2.24) is 0 Å². The van der Waals surface area contributed by atoms with Gasteiger partial charge in [-0.25, -0.2) is 0 Å². The molecule has 0 spiro atoms. The van der Waals surface area contributed by atoms with Crippen LogP contribution in [0.2, 0.25) is 0 Å². The Balaban J connectivity index is 0.00000120. The van der Waals surface area contributed by atoms with Crippen molar-refractivity contribution in [3.63, 3.8) is 0 Å². The number of rotatable bonds is 0. The second-order valence-corrected chi connectivity index (χ2v) is 3.88. The summed E-state index contributed by atoms with van der Waals surface area (Å²) in [5, 5.41) is 11.7. The third-order valence-electron chi connectivity index (χ3n) is 2.91. The smallest absolute Gasteiger partial charge is 0.872 e. The fraction of sp³-hybridized carbons (Fsp3) is 0. The van der Waals surface area contributed by atoms with Crippen LogP contribution >= 0.6 is 0 Å². The first kappa shape index (κ1) is 13.0. The average Bonchev–Trinajstić information content (AvgIpc) is 2.36. The topological polar surface area (TPSA) is 57.2 Å². The van der Waals surface area contributed by atoms with E-state index in [1.807, 2.05) is 0 Å². The Hall–Kier alpha value is -1.42. The summed E-state index contributed by atoms with van der Waals surface area (Å²) in [7, 11) is 0. The van der Waals surface area contributed by atoms with E-state index in [1.165, 1.54) is 18.2 Å². The maximum Gasteiger partial charge on any atom is 1.00 e. The van der Waals surface area contributed by atoms with E-state index >= 15 is 0 Å². The summed E-state index contributed by atoms with van der Waals surface area (Å²) in [4.78, 5) is 24.2. The van der Waals surface area contributed by atoms with E-state index in [2.05, 4.69) is 0 Å². The molecule has 0 saturated carbocycles. The fourth-order valence-electron chi connectivity index (χ4n) is 2.11. The average molecular weight is 246 g/mol. The van der Waals surface area contributed by atoms with Gasteiger partial charge in [0, 0.05) is 22.3 Å². The minimum absolute atomic E-state index is 0. The van der Waals surface area contributed by atoms with Crippen LogP contribution in [-0.4, -0.2) is 11.6 Å². The minimum Gasteiger partial charge on any atom is -0.872 e. The van der Waals surface area contributed by atoms with Gasteiger partial charge in [0.2, 0.25) is 0 Å². The van der Waals surface area contributed by atoms with Crippen LogP contribution in [0.15, 0.2) is 42.5 Å². The van der Waals surface area contributed by atoms with Crippen LogP contribution < -0.4 is 34.7 Å². The van der Waals surface area contributed by atoms with E-state index in [9.17, 15) is 14.7 Å². The molecule has 1 aliphatic carbocycles. The van der Waals surface area contributed by atoms with Crippen molar-refractivity contribution in [2.24, 2.45) is 0 Å². The molecule has 0 N–H and O–H groups in total. The summed E-state index contributed by atoms with van der Waals surface area (Å²) in [5.74, 6) is -1.01. The molecule has 0 atom stereocenters. The van der Waals surface area contributed by atoms with Gasteiger partial charge < -0.3 is 5.11 Å². The Morgan fingerprint density at radius 2 is 1.28 bits per heavy atom. The van der Waals surface area contributed by atoms with Gasteiger partial charge in [0.1, 0.15) is 0 Å². The largest absolute Gasteiger partial charge is 1.00 e. The van der Waals surface area contributed by atoms with Crippen LogP contribution in [0.4, 0.5) is 0 Å². The molecule has 18 heavy (non-hydrogen) atoms. The number of hydrogen-bond acceptors (Lipinski definition) is 3. The molecule has 0 unspecified atom stereocenters. The van der Waals surface area contributed by atoms with Gasteiger partial charge in [-0.1, -0.05) is 48.2 Å². The van der Waals surface area contributed by atoms with E-state index in [1.54, 1.807) is 24.3 Å². The third kappa shape index (κ3) is 1.72. The van der Waals surface area contributed by atoms with Crippen LogP contribution in [0, 0.1) is 0 Å². The Labute approximate surface area is 126 Å². The molecule has 82 valence electrons. The van der Waals surface area contributed by atoms with Crippen LogP contribution in [0.25, 0.3) is 0 Å². The number of benzene rings is 2. The molecule has 0 saturated heterocycles. The first-order valence-electron chi connectivity index (χ1n) is 5.18. The molecule has 0 radical (unpaired) electrons. The maximum absolute atomic E-state index is 12.1. The molecule has 1 aliphatic rings. The van der Waals surface area contributed by atoms with Crippen molar-refractivity contribution in [2.75, 3.05) is 0 Å². The van der Waals surface area contributed by atoms with Gasteiger partial charge in [-0.2, -0.15) is 0 Å². The number of ketones is 2. The zero-order chi connectivity index (χ0) is 12.0. The van der Waals surface area contributed by atoms with Crippen LogP contribution in [-0.2, 0) is 0 Å². The van der Waals surface area contributed by atoms with Gasteiger partial charge in [0.25, 0.3) is 0 Å². The molecule has 3 rings (SSSR count). The quantitative estimate of drug-likeness (QED) is 0.455. The summed E-state index contributed by atoms with van der Waals surface area (Å²) in [6, 6.07) is 10.9.